The molecule has 3 aromatic rings. The quantitative estimate of drug-likeness (QED) is 0.762. The Morgan fingerprint density at radius 3 is 2.72 bits per heavy atom. The normalized spacial score (nSPS) is 10.5. The Balaban J connectivity index is 1.57. The van der Waals surface area contributed by atoms with Crippen LogP contribution in [0.3, 0.4) is 0 Å². The molecule has 3 rings (SSSR count). The fourth-order valence-electron chi connectivity index (χ4n) is 2.17. The largest absolute Gasteiger partial charge is 0.323 e. The second kappa shape index (κ2) is 7.80. The number of anilines is 1. The van der Waals surface area contributed by atoms with Crippen LogP contribution in [0.2, 0.25) is 0 Å². The van der Waals surface area contributed by atoms with Crippen LogP contribution in [-0.4, -0.2) is 38.1 Å². The summed E-state index contributed by atoms with van der Waals surface area (Å²) >= 11 is 1.38. The maximum atomic E-state index is 12.2. The number of urea groups is 1. The molecule has 0 aliphatic carbocycles. The molecule has 0 radical (unpaired) electrons. The lowest BCUT2D eigenvalue weighted by Gasteiger charge is -2.15. The number of benzene rings is 1. The van der Waals surface area contributed by atoms with Crippen LogP contribution in [0, 0.1) is 6.92 Å². The molecule has 0 fully saturated rings. The Hall–Kier alpha value is -2.87. The molecule has 0 aliphatic heterocycles. The van der Waals surface area contributed by atoms with Crippen molar-refractivity contribution in [2.24, 2.45) is 0 Å². The predicted octanol–water partition coefficient (Wildman–Crippen LogP) is 2.89. The summed E-state index contributed by atoms with van der Waals surface area (Å²) in [5, 5.41) is 12.3. The van der Waals surface area contributed by atoms with Gasteiger partial charge in [0.15, 0.2) is 0 Å². The van der Waals surface area contributed by atoms with Gasteiger partial charge >= 0.3 is 6.03 Å². The summed E-state index contributed by atoms with van der Waals surface area (Å²) in [4.78, 5) is 21.7. The topological polar surface area (TPSA) is 83.9 Å². The van der Waals surface area contributed by atoms with Gasteiger partial charge < -0.3 is 4.90 Å². The first kappa shape index (κ1) is 17.0. The molecule has 0 saturated carbocycles. The number of amides is 2. The molecule has 0 saturated heterocycles. The van der Waals surface area contributed by atoms with E-state index in [0.717, 1.165) is 10.7 Å². The van der Waals surface area contributed by atoms with Crippen LogP contribution in [0.4, 0.5) is 9.93 Å². The molecule has 1 aromatic carbocycles. The van der Waals surface area contributed by atoms with Gasteiger partial charge in [0, 0.05) is 19.7 Å². The van der Waals surface area contributed by atoms with Crippen LogP contribution in [0.15, 0.2) is 42.9 Å². The third-order valence-electron chi connectivity index (χ3n) is 3.55. The second-order valence-electron chi connectivity index (χ2n) is 5.65. The summed E-state index contributed by atoms with van der Waals surface area (Å²) in [5.41, 5.74) is 3.16. The smallest absolute Gasteiger partial charge is 0.322 e. The van der Waals surface area contributed by atoms with E-state index >= 15 is 0 Å². The number of aryl methyl sites for hydroxylation is 1. The van der Waals surface area contributed by atoms with Crippen molar-refractivity contribution < 1.29 is 4.79 Å². The number of hydrogen-bond donors (Lipinski definition) is 1. The molecule has 0 spiro atoms. The van der Waals surface area contributed by atoms with Gasteiger partial charge in [0.1, 0.15) is 11.3 Å². The minimum atomic E-state index is -0.253. The highest BCUT2D eigenvalue weighted by molar-refractivity contribution is 7.15. The van der Waals surface area contributed by atoms with E-state index in [1.54, 1.807) is 19.3 Å². The highest BCUT2D eigenvalue weighted by Gasteiger charge is 2.13. The Kier molecular flexibility index (Phi) is 5.30. The van der Waals surface area contributed by atoms with Gasteiger partial charge in [-0.3, -0.25) is 5.32 Å². The molecule has 8 heteroatoms. The maximum absolute atomic E-state index is 12.2. The fraction of sp³-hybridized carbons (Fsp3) is 0.235. The van der Waals surface area contributed by atoms with Gasteiger partial charge in [0.25, 0.3) is 0 Å². The lowest BCUT2D eigenvalue weighted by Crippen LogP contribution is -2.31. The first-order valence-electron chi connectivity index (χ1n) is 7.75. The van der Waals surface area contributed by atoms with Crippen LogP contribution in [0.1, 0.15) is 21.8 Å². The van der Waals surface area contributed by atoms with Gasteiger partial charge in [-0.25, -0.2) is 14.8 Å². The van der Waals surface area contributed by atoms with E-state index in [1.165, 1.54) is 33.7 Å². The maximum Gasteiger partial charge on any atom is 0.323 e. The van der Waals surface area contributed by atoms with Crippen LogP contribution in [0.25, 0.3) is 0 Å². The Bertz CT molecular complexity index is 834. The fourth-order valence-corrected chi connectivity index (χ4v) is 2.93. The molecule has 0 aliphatic rings. The molecule has 25 heavy (non-hydrogen) atoms. The first-order chi connectivity index (χ1) is 12.1. The monoisotopic (exact) mass is 354 g/mol. The third kappa shape index (κ3) is 4.80. The molecule has 7 nitrogen and oxygen atoms in total. The zero-order valence-corrected chi connectivity index (χ0v) is 14.8. The minimum absolute atomic E-state index is 0.253. The van der Waals surface area contributed by atoms with E-state index in [1.807, 2.05) is 0 Å². The van der Waals surface area contributed by atoms with Crippen LogP contribution < -0.4 is 5.32 Å². The summed E-state index contributed by atoms with van der Waals surface area (Å²) in [6.07, 6.45) is 3.81. The Labute approximate surface area is 149 Å². The van der Waals surface area contributed by atoms with E-state index in [0.29, 0.717) is 18.1 Å². The number of nitrogens with zero attached hydrogens (tertiary/aromatic N) is 5. The number of carbonyl (C=O) groups is 1. The van der Waals surface area contributed by atoms with Crippen molar-refractivity contribution in [3.63, 3.8) is 0 Å². The SMILES string of the molecule is Cc1ccc(Cc2nnc(NC(=O)N(C)Cc3ccncn3)s2)cc1. The van der Waals surface area contributed by atoms with Gasteiger partial charge in [-0.1, -0.05) is 41.2 Å². The highest BCUT2D eigenvalue weighted by Crippen LogP contribution is 2.19. The Morgan fingerprint density at radius 2 is 2.00 bits per heavy atom. The van der Waals surface area contributed by atoms with Crippen molar-refractivity contribution in [1.29, 1.82) is 0 Å². The van der Waals surface area contributed by atoms with E-state index < -0.39 is 0 Å². The molecule has 128 valence electrons. The molecule has 2 amide bonds. The first-order valence-corrected chi connectivity index (χ1v) is 8.57. The zero-order chi connectivity index (χ0) is 17.6. The summed E-state index contributed by atoms with van der Waals surface area (Å²) in [6, 6.07) is 9.81. The van der Waals surface area contributed by atoms with Crippen molar-refractivity contribution in [3.05, 3.63) is 64.7 Å². The predicted molar refractivity (Wildman–Crippen MR) is 96.4 cm³/mol. The molecule has 1 N–H and O–H groups in total. The van der Waals surface area contributed by atoms with Crippen LogP contribution in [0.5, 0.6) is 0 Å². The zero-order valence-electron chi connectivity index (χ0n) is 14.0. The summed E-state index contributed by atoms with van der Waals surface area (Å²) in [6.45, 7) is 2.45. The number of nitrogens with one attached hydrogen (secondary N) is 1. The molecular weight excluding hydrogens is 336 g/mol. The van der Waals surface area contributed by atoms with Crippen molar-refractivity contribution in [2.75, 3.05) is 12.4 Å². The summed E-state index contributed by atoms with van der Waals surface area (Å²) in [7, 11) is 1.70. The molecule has 2 heterocycles. The molecular formula is C17H18N6OS. The van der Waals surface area contributed by atoms with Gasteiger partial charge in [-0.2, -0.15) is 0 Å². The third-order valence-corrected chi connectivity index (χ3v) is 4.38. The van der Waals surface area contributed by atoms with Gasteiger partial charge in [0.2, 0.25) is 5.13 Å². The van der Waals surface area contributed by atoms with Crippen molar-refractivity contribution in [2.45, 2.75) is 19.9 Å². The molecule has 0 unspecified atom stereocenters. The standard InChI is InChI=1S/C17H18N6OS/c1-12-3-5-13(6-4-12)9-15-21-22-16(25-15)20-17(24)23(2)10-14-7-8-18-11-19-14/h3-8,11H,9-10H2,1-2H3,(H,20,22,24). The molecule has 2 aromatic heterocycles. The van der Waals surface area contributed by atoms with Gasteiger partial charge in [0.05, 0.1) is 12.2 Å². The van der Waals surface area contributed by atoms with Gasteiger partial charge in [-0.05, 0) is 18.6 Å². The van der Waals surface area contributed by atoms with Crippen LogP contribution >= 0.6 is 11.3 Å². The summed E-state index contributed by atoms with van der Waals surface area (Å²) in [5.74, 6) is 0. The van der Waals surface area contributed by atoms with Crippen LogP contribution in [-0.2, 0) is 13.0 Å². The highest BCUT2D eigenvalue weighted by atomic mass is 32.1. The van der Waals surface area contributed by atoms with Crippen molar-refractivity contribution in [1.82, 2.24) is 25.1 Å². The summed E-state index contributed by atoms with van der Waals surface area (Å²) < 4.78 is 0. The Morgan fingerprint density at radius 1 is 1.20 bits per heavy atom. The second-order valence-corrected chi connectivity index (χ2v) is 6.71. The van der Waals surface area contributed by atoms with E-state index in [9.17, 15) is 4.79 Å². The van der Waals surface area contributed by atoms with Crippen molar-refractivity contribution in [3.8, 4) is 0 Å². The molecule has 0 bridgehead atoms. The average molecular weight is 354 g/mol. The molecule has 0 atom stereocenters. The van der Waals surface area contributed by atoms with E-state index in [4.69, 9.17) is 0 Å². The van der Waals surface area contributed by atoms with Crippen molar-refractivity contribution >= 4 is 22.5 Å². The average Bonchev–Trinajstić information content (AvgIpc) is 3.04. The number of hydrogen-bond acceptors (Lipinski definition) is 6. The van der Waals surface area contributed by atoms with Gasteiger partial charge in [-0.15, -0.1) is 10.2 Å². The van der Waals surface area contributed by atoms with E-state index in [-0.39, 0.29) is 6.03 Å². The lowest BCUT2D eigenvalue weighted by atomic mass is 10.1. The number of aromatic nitrogens is 4. The lowest BCUT2D eigenvalue weighted by molar-refractivity contribution is 0.220. The number of carbonyl (C=O) groups excluding carboxylic acids is 1. The minimum Gasteiger partial charge on any atom is -0.322 e. The number of rotatable bonds is 5. The van der Waals surface area contributed by atoms with E-state index in [2.05, 4.69) is 56.7 Å².